The van der Waals surface area contributed by atoms with Gasteiger partial charge in [-0.05, 0) is 20.8 Å². The van der Waals surface area contributed by atoms with Gasteiger partial charge in [-0.2, -0.15) is 0 Å². The molecule has 1 heterocycles. The van der Waals surface area contributed by atoms with Gasteiger partial charge < -0.3 is 10.2 Å². The van der Waals surface area contributed by atoms with Crippen molar-refractivity contribution in [2.45, 2.75) is 37.7 Å². The van der Waals surface area contributed by atoms with Crippen molar-refractivity contribution in [2.24, 2.45) is 0 Å². The highest BCUT2D eigenvalue weighted by molar-refractivity contribution is 7.92. The van der Waals surface area contributed by atoms with E-state index in [1.165, 1.54) is 0 Å². The third-order valence-corrected chi connectivity index (χ3v) is 5.53. The van der Waals surface area contributed by atoms with Gasteiger partial charge in [0, 0.05) is 19.6 Å². The highest BCUT2D eigenvalue weighted by Gasteiger charge is 2.33. The Kier molecular flexibility index (Phi) is 3.99. The molecule has 0 spiro atoms. The number of hydrogen-bond donors (Lipinski definition) is 2. The van der Waals surface area contributed by atoms with E-state index >= 15 is 0 Å². The SMILES string of the molecule is CC(C)(C)S(=O)(=O)CCN1C[C@@H](O)[C@@H](O)C1. The summed E-state index contributed by atoms with van der Waals surface area (Å²) in [6.45, 7) is 6.09. The molecule has 1 saturated heterocycles. The minimum Gasteiger partial charge on any atom is -0.389 e. The van der Waals surface area contributed by atoms with E-state index in [1.807, 2.05) is 0 Å². The van der Waals surface area contributed by atoms with Crippen molar-refractivity contribution in [1.82, 2.24) is 4.90 Å². The monoisotopic (exact) mass is 251 g/mol. The lowest BCUT2D eigenvalue weighted by atomic mass is 10.3. The van der Waals surface area contributed by atoms with Crippen molar-refractivity contribution < 1.29 is 18.6 Å². The number of nitrogens with zero attached hydrogens (tertiary/aromatic N) is 1. The van der Waals surface area contributed by atoms with Crippen LogP contribution in [0.15, 0.2) is 0 Å². The summed E-state index contributed by atoms with van der Waals surface area (Å²) in [6, 6.07) is 0. The largest absolute Gasteiger partial charge is 0.389 e. The van der Waals surface area contributed by atoms with Gasteiger partial charge >= 0.3 is 0 Å². The molecule has 16 heavy (non-hydrogen) atoms. The fourth-order valence-electron chi connectivity index (χ4n) is 1.59. The molecule has 1 aliphatic rings. The van der Waals surface area contributed by atoms with Crippen LogP contribution in [-0.2, 0) is 9.84 Å². The number of aliphatic hydroxyl groups is 2. The van der Waals surface area contributed by atoms with Gasteiger partial charge in [-0.1, -0.05) is 0 Å². The molecule has 0 saturated carbocycles. The van der Waals surface area contributed by atoms with Crippen LogP contribution in [0.4, 0.5) is 0 Å². The van der Waals surface area contributed by atoms with E-state index in [-0.39, 0.29) is 5.75 Å². The van der Waals surface area contributed by atoms with Gasteiger partial charge in [0.15, 0.2) is 9.84 Å². The molecule has 0 bridgehead atoms. The minimum absolute atomic E-state index is 0.0654. The topological polar surface area (TPSA) is 77.8 Å². The molecule has 0 aromatic heterocycles. The fourth-order valence-corrected chi connectivity index (χ4v) is 2.70. The second kappa shape index (κ2) is 4.60. The Balaban J connectivity index is 2.48. The van der Waals surface area contributed by atoms with E-state index in [0.717, 1.165) is 0 Å². The second-order valence-corrected chi connectivity index (χ2v) is 8.19. The van der Waals surface area contributed by atoms with Gasteiger partial charge in [-0.3, -0.25) is 4.90 Å². The normalized spacial score (nSPS) is 28.6. The number of sulfone groups is 1. The van der Waals surface area contributed by atoms with Crippen molar-refractivity contribution in [1.29, 1.82) is 0 Å². The van der Waals surface area contributed by atoms with Crippen LogP contribution in [0, 0.1) is 0 Å². The van der Waals surface area contributed by atoms with Gasteiger partial charge in [0.05, 0.1) is 22.7 Å². The maximum Gasteiger partial charge on any atom is 0.156 e. The van der Waals surface area contributed by atoms with Crippen LogP contribution >= 0.6 is 0 Å². The molecule has 0 radical (unpaired) electrons. The van der Waals surface area contributed by atoms with Crippen LogP contribution in [-0.4, -0.2) is 65.9 Å². The van der Waals surface area contributed by atoms with Crippen molar-refractivity contribution in [3.63, 3.8) is 0 Å². The number of β-amino-alcohol motifs (C(OH)–C–C–N with tert-alkyl or cyclic N) is 2. The predicted molar refractivity (Wildman–Crippen MR) is 62.0 cm³/mol. The Bertz CT molecular complexity index is 323. The molecule has 0 unspecified atom stereocenters. The lowest BCUT2D eigenvalue weighted by Gasteiger charge is -2.21. The van der Waals surface area contributed by atoms with Crippen molar-refractivity contribution in [2.75, 3.05) is 25.4 Å². The summed E-state index contributed by atoms with van der Waals surface area (Å²) < 4.78 is 22.9. The van der Waals surface area contributed by atoms with Crippen LogP contribution < -0.4 is 0 Å². The van der Waals surface area contributed by atoms with E-state index in [4.69, 9.17) is 0 Å². The van der Waals surface area contributed by atoms with Crippen molar-refractivity contribution in [3.05, 3.63) is 0 Å². The molecule has 1 fully saturated rings. The van der Waals surface area contributed by atoms with Crippen LogP contribution in [0.2, 0.25) is 0 Å². The number of hydrogen-bond acceptors (Lipinski definition) is 5. The first-order valence-electron chi connectivity index (χ1n) is 5.44. The zero-order valence-corrected chi connectivity index (χ0v) is 10.9. The molecule has 6 heteroatoms. The van der Waals surface area contributed by atoms with Gasteiger partial charge in [0.1, 0.15) is 0 Å². The van der Waals surface area contributed by atoms with Crippen LogP contribution in [0.5, 0.6) is 0 Å². The van der Waals surface area contributed by atoms with E-state index in [0.29, 0.717) is 19.6 Å². The molecular formula is C10H21NO4S. The Hall–Kier alpha value is -0.170. The third-order valence-electron chi connectivity index (χ3n) is 2.94. The van der Waals surface area contributed by atoms with Gasteiger partial charge in [0.2, 0.25) is 0 Å². The Morgan fingerprint density at radius 2 is 1.62 bits per heavy atom. The molecular weight excluding hydrogens is 230 g/mol. The average Bonchev–Trinajstić information content (AvgIpc) is 2.41. The Labute approximate surface area is 97.0 Å². The molecule has 5 nitrogen and oxygen atoms in total. The van der Waals surface area contributed by atoms with E-state index in [1.54, 1.807) is 25.7 Å². The zero-order valence-electron chi connectivity index (χ0n) is 10.0. The molecule has 0 aromatic carbocycles. The summed E-state index contributed by atoms with van der Waals surface area (Å²) in [5.41, 5.74) is 0. The van der Waals surface area contributed by atoms with Crippen LogP contribution in [0.3, 0.4) is 0 Å². The number of aliphatic hydroxyl groups excluding tert-OH is 2. The van der Waals surface area contributed by atoms with Crippen molar-refractivity contribution in [3.8, 4) is 0 Å². The standard InChI is InChI=1S/C10H21NO4S/c1-10(2,3)16(14,15)5-4-11-6-8(12)9(13)7-11/h8-9,12-13H,4-7H2,1-3H3/t8-,9+. The lowest BCUT2D eigenvalue weighted by molar-refractivity contribution is 0.0572. The molecule has 96 valence electrons. The summed E-state index contributed by atoms with van der Waals surface area (Å²) in [7, 11) is -3.13. The molecule has 0 aliphatic carbocycles. The van der Waals surface area contributed by atoms with Gasteiger partial charge in [0.25, 0.3) is 0 Å². The summed E-state index contributed by atoms with van der Waals surface area (Å²) in [6.07, 6.45) is -1.50. The highest BCUT2D eigenvalue weighted by Crippen LogP contribution is 2.17. The first-order chi connectivity index (χ1) is 7.13. The maximum absolute atomic E-state index is 11.8. The molecule has 2 atom stereocenters. The quantitative estimate of drug-likeness (QED) is 0.689. The fraction of sp³-hybridized carbons (Fsp3) is 1.00. The zero-order chi connectivity index (χ0) is 12.6. The van der Waals surface area contributed by atoms with Crippen LogP contribution in [0.1, 0.15) is 20.8 Å². The number of rotatable bonds is 3. The minimum atomic E-state index is -3.13. The molecule has 1 aliphatic heterocycles. The van der Waals surface area contributed by atoms with Gasteiger partial charge in [-0.15, -0.1) is 0 Å². The summed E-state index contributed by atoms with van der Waals surface area (Å²) in [4.78, 5) is 1.78. The predicted octanol–water partition coefficient (Wildman–Crippen LogP) is -0.763. The van der Waals surface area contributed by atoms with E-state index in [2.05, 4.69) is 0 Å². The van der Waals surface area contributed by atoms with Gasteiger partial charge in [-0.25, -0.2) is 8.42 Å². The average molecular weight is 251 g/mol. The molecule has 0 aromatic rings. The smallest absolute Gasteiger partial charge is 0.156 e. The Morgan fingerprint density at radius 1 is 1.19 bits per heavy atom. The van der Waals surface area contributed by atoms with E-state index in [9.17, 15) is 18.6 Å². The molecule has 2 N–H and O–H groups in total. The molecule has 0 amide bonds. The summed E-state index contributed by atoms with van der Waals surface area (Å²) in [5, 5.41) is 18.6. The second-order valence-electron chi connectivity index (χ2n) is 5.33. The maximum atomic E-state index is 11.8. The third kappa shape index (κ3) is 3.16. The first-order valence-corrected chi connectivity index (χ1v) is 7.09. The number of likely N-dealkylation sites (tertiary alicyclic amines) is 1. The summed E-state index contributed by atoms with van der Waals surface area (Å²) in [5.74, 6) is 0.0654. The first kappa shape index (κ1) is 13.9. The van der Waals surface area contributed by atoms with Crippen LogP contribution in [0.25, 0.3) is 0 Å². The molecule has 1 rings (SSSR count). The van der Waals surface area contributed by atoms with Crippen molar-refractivity contribution >= 4 is 9.84 Å². The highest BCUT2D eigenvalue weighted by atomic mass is 32.2. The van der Waals surface area contributed by atoms with E-state index < -0.39 is 26.8 Å². The summed E-state index contributed by atoms with van der Waals surface area (Å²) >= 11 is 0. The Morgan fingerprint density at radius 3 is 2.00 bits per heavy atom. The lowest BCUT2D eigenvalue weighted by Crippen LogP contribution is -2.36.